The number of hydrogen-bond acceptors (Lipinski definition) is 3. The van der Waals surface area contributed by atoms with Crippen LogP contribution in [0.4, 0.5) is 0 Å². The normalized spacial score (nSPS) is 22.5. The number of guanidine groups is 1. The predicted octanol–water partition coefficient (Wildman–Crippen LogP) is 2.93. The quantitative estimate of drug-likeness (QED) is 0.662. The number of nitrogens with one attached hydrogen (secondary N) is 1. The lowest BCUT2D eigenvalue weighted by atomic mass is 9.73. The highest BCUT2D eigenvalue weighted by molar-refractivity contribution is 5.80. The Bertz CT molecular complexity index is 506. The van der Waals surface area contributed by atoms with Crippen molar-refractivity contribution in [2.75, 3.05) is 26.2 Å². The average molecular weight is 319 g/mol. The molecule has 1 aliphatic carbocycles. The second-order valence-electron chi connectivity index (χ2n) is 6.96. The largest absolute Gasteiger partial charge is 0.467 e. The van der Waals surface area contributed by atoms with Gasteiger partial charge >= 0.3 is 0 Å². The molecule has 2 fully saturated rings. The first-order valence-electron chi connectivity index (χ1n) is 8.97. The molecule has 1 aromatic rings. The zero-order valence-electron chi connectivity index (χ0n) is 14.1. The molecule has 1 aliphatic heterocycles. The summed E-state index contributed by atoms with van der Waals surface area (Å²) < 4.78 is 5.25. The number of rotatable bonds is 4. The van der Waals surface area contributed by atoms with Crippen LogP contribution < -0.4 is 5.32 Å². The van der Waals surface area contributed by atoms with Gasteiger partial charge in [-0.15, -0.1) is 0 Å². The summed E-state index contributed by atoms with van der Waals surface area (Å²) in [5.74, 6) is 1.51. The van der Waals surface area contributed by atoms with Gasteiger partial charge in [-0.05, 0) is 43.7 Å². The molecule has 2 N–H and O–H groups in total. The van der Waals surface area contributed by atoms with E-state index in [1.165, 1.54) is 38.5 Å². The molecule has 5 heteroatoms. The number of likely N-dealkylation sites (tertiary alicyclic amines) is 1. The van der Waals surface area contributed by atoms with Gasteiger partial charge in [0, 0.05) is 19.6 Å². The maximum atomic E-state index is 10.2. The molecule has 1 spiro atoms. The molecule has 0 radical (unpaired) electrons. The predicted molar refractivity (Wildman–Crippen MR) is 91.4 cm³/mol. The Morgan fingerprint density at radius 2 is 2.22 bits per heavy atom. The number of aliphatic hydroxyl groups is 1. The molecule has 3 rings (SSSR count). The Hall–Kier alpha value is -1.49. The van der Waals surface area contributed by atoms with Crippen molar-refractivity contribution in [3.8, 4) is 0 Å². The van der Waals surface area contributed by atoms with Crippen molar-refractivity contribution >= 4 is 5.96 Å². The Kier molecular flexibility index (Phi) is 5.26. The van der Waals surface area contributed by atoms with Gasteiger partial charge in [-0.2, -0.15) is 0 Å². The molecule has 2 aliphatic rings. The molecule has 0 aromatic carbocycles. The van der Waals surface area contributed by atoms with E-state index in [2.05, 4.69) is 22.1 Å². The van der Waals surface area contributed by atoms with E-state index < -0.39 is 6.10 Å². The average Bonchev–Trinajstić information content (AvgIpc) is 3.23. The van der Waals surface area contributed by atoms with Gasteiger partial charge in [0.1, 0.15) is 11.9 Å². The van der Waals surface area contributed by atoms with Crippen LogP contribution in [0.2, 0.25) is 0 Å². The summed E-state index contributed by atoms with van der Waals surface area (Å²) in [5, 5.41) is 13.5. The molecule has 0 bridgehead atoms. The lowest BCUT2D eigenvalue weighted by Crippen LogP contribution is -2.41. The van der Waals surface area contributed by atoms with Gasteiger partial charge in [0.15, 0.2) is 5.96 Å². The monoisotopic (exact) mass is 319 g/mol. The molecule has 1 atom stereocenters. The second-order valence-corrected chi connectivity index (χ2v) is 6.96. The molecule has 1 saturated heterocycles. The van der Waals surface area contributed by atoms with Crippen LogP contribution in [0, 0.1) is 5.41 Å². The lowest BCUT2D eigenvalue weighted by Gasteiger charge is -2.33. The first kappa shape index (κ1) is 16.4. The van der Waals surface area contributed by atoms with Gasteiger partial charge in [0.05, 0.1) is 12.8 Å². The van der Waals surface area contributed by atoms with Crippen LogP contribution in [-0.4, -0.2) is 42.1 Å². The number of aliphatic imine (C=N–C) groups is 1. The molecule has 5 nitrogen and oxygen atoms in total. The van der Waals surface area contributed by atoms with Crippen LogP contribution in [0.3, 0.4) is 0 Å². The van der Waals surface area contributed by atoms with Gasteiger partial charge < -0.3 is 19.7 Å². The Balaban J connectivity index is 1.63. The lowest BCUT2D eigenvalue weighted by molar-refractivity contribution is 0.158. The summed E-state index contributed by atoms with van der Waals surface area (Å²) in [6.45, 7) is 5.45. The maximum absolute atomic E-state index is 10.2. The number of aliphatic hydroxyl groups excluding tert-OH is 1. The van der Waals surface area contributed by atoms with Gasteiger partial charge in [0.25, 0.3) is 0 Å². The zero-order valence-corrected chi connectivity index (χ0v) is 14.1. The summed E-state index contributed by atoms with van der Waals surface area (Å²) in [5.41, 5.74) is 0.508. The van der Waals surface area contributed by atoms with Crippen LogP contribution in [-0.2, 0) is 0 Å². The third kappa shape index (κ3) is 3.89. The smallest absolute Gasteiger partial charge is 0.194 e. The third-order valence-corrected chi connectivity index (χ3v) is 5.27. The molecule has 1 unspecified atom stereocenters. The molecule has 1 aromatic heterocycles. The van der Waals surface area contributed by atoms with Crippen molar-refractivity contribution in [3.05, 3.63) is 24.2 Å². The molecular formula is C18H29N3O2. The SMILES string of the molecule is CCNC(=NCC(O)c1ccco1)N1CCC2(CCCCC2)C1. The third-order valence-electron chi connectivity index (χ3n) is 5.27. The summed E-state index contributed by atoms with van der Waals surface area (Å²) in [4.78, 5) is 7.03. The highest BCUT2D eigenvalue weighted by Gasteiger charge is 2.39. The molecule has 23 heavy (non-hydrogen) atoms. The van der Waals surface area contributed by atoms with E-state index in [1.807, 2.05) is 0 Å². The van der Waals surface area contributed by atoms with E-state index >= 15 is 0 Å². The van der Waals surface area contributed by atoms with Crippen molar-refractivity contribution in [1.82, 2.24) is 10.2 Å². The van der Waals surface area contributed by atoms with E-state index in [0.717, 1.165) is 25.6 Å². The fraction of sp³-hybridized carbons (Fsp3) is 0.722. The van der Waals surface area contributed by atoms with Crippen molar-refractivity contribution < 1.29 is 9.52 Å². The minimum absolute atomic E-state index is 0.333. The van der Waals surface area contributed by atoms with E-state index in [4.69, 9.17) is 4.42 Å². The van der Waals surface area contributed by atoms with Crippen LogP contribution in [0.25, 0.3) is 0 Å². The number of furan rings is 1. The van der Waals surface area contributed by atoms with E-state index in [1.54, 1.807) is 18.4 Å². The fourth-order valence-electron chi connectivity index (χ4n) is 4.00. The molecule has 1 saturated carbocycles. The summed E-state index contributed by atoms with van der Waals surface area (Å²) in [7, 11) is 0. The van der Waals surface area contributed by atoms with E-state index in [-0.39, 0.29) is 0 Å². The van der Waals surface area contributed by atoms with Crippen LogP contribution in [0.1, 0.15) is 57.3 Å². The second kappa shape index (κ2) is 7.39. The highest BCUT2D eigenvalue weighted by Crippen LogP contribution is 2.43. The van der Waals surface area contributed by atoms with E-state index in [9.17, 15) is 5.11 Å². The first-order valence-corrected chi connectivity index (χ1v) is 8.97. The summed E-state index contributed by atoms with van der Waals surface area (Å²) in [6.07, 6.45) is 9.04. The fourth-order valence-corrected chi connectivity index (χ4v) is 4.00. The zero-order chi connectivity index (χ0) is 16.1. The van der Waals surface area contributed by atoms with Crippen molar-refractivity contribution in [2.45, 2.75) is 51.6 Å². The van der Waals surface area contributed by atoms with Crippen LogP contribution >= 0.6 is 0 Å². The van der Waals surface area contributed by atoms with Crippen molar-refractivity contribution in [2.24, 2.45) is 10.4 Å². The minimum Gasteiger partial charge on any atom is -0.467 e. The topological polar surface area (TPSA) is 61.0 Å². The summed E-state index contributed by atoms with van der Waals surface area (Å²) >= 11 is 0. The highest BCUT2D eigenvalue weighted by atomic mass is 16.4. The Labute approximate surface area is 138 Å². The Morgan fingerprint density at radius 3 is 2.91 bits per heavy atom. The summed E-state index contributed by atoms with van der Waals surface area (Å²) in [6, 6.07) is 3.58. The first-order chi connectivity index (χ1) is 11.2. The molecule has 2 heterocycles. The van der Waals surface area contributed by atoms with Crippen LogP contribution in [0.15, 0.2) is 27.8 Å². The van der Waals surface area contributed by atoms with Gasteiger partial charge in [0.2, 0.25) is 0 Å². The molecule has 128 valence electrons. The number of hydrogen-bond donors (Lipinski definition) is 2. The van der Waals surface area contributed by atoms with Crippen molar-refractivity contribution in [1.29, 1.82) is 0 Å². The van der Waals surface area contributed by atoms with Gasteiger partial charge in [-0.1, -0.05) is 19.3 Å². The maximum Gasteiger partial charge on any atom is 0.194 e. The number of nitrogens with zero attached hydrogens (tertiary/aromatic N) is 2. The van der Waals surface area contributed by atoms with Crippen molar-refractivity contribution in [3.63, 3.8) is 0 Å². The van der Waals surface area contributed by atoms with Gasteiger partial charge in [-0.25, -0.2) is 4.99 Å². The van der Waals surface area contributed by atoms with Gasteiger partial charge in [-0.3, -0.25) is 0 Å². The minimum atomic E-state index is -0.676. The standard InChI is InChI=1S/C18H29N3O2/c1-2-19-17(20-13-15(22)16-7-6-12-23-16)21-11-10-18(14-21)8-4-3-5-9-18/h6-7,12,15,22H,2-5,8-11,13-14H2,1H3,(H,19,20). The molecule has 0 amide bonds. The van der Waals surface area contributed by atoms with E-state index in [0.29, 0.717) is 17.7 Å². The van der Waals surface area contributed by atoms with Crippen LogP contribution in [0.5, 0.6) is 0 Å². The Morgan fingerprint density at radius 1 is 1.39 bits per heavy atom. The molecular weight excluding hydrogens is 290 g/mol.